The normalized spacial score (nSPS) is 14.2. The van der Waals surface area contributed by atoms with Crippen molar-refractivity contribution in [1.82, 2.24) is 10.2 Å². The number of amides is 2. The van der Waals surface area contributed by atoms with E-state index in [9.17, 15) is 4.79 Å². The summed E-state index contributed by atoms with van der Waals surface area (Å²) >= 11 is 0. The quantitative estimate of drug-likeness (QED) is 0.787. The lowest BCUT2D eigenvalue weighted by molar-refractivity contribution is 0.189. The van der Waals surface area contributed by atoms with Gasteiger partial charge in [0.05, 0.1) is 26.4 Å². The molecule has 1 atom stereocenters. The van der Waals surface area contributed by atoms with Gasteiger partial charge >= 0.3 is 6.03 Å². The van der Waals surface area contributed by atoms with E-state index in [4.69, 9.17) is 14.2 Å². The molecule has 0 aliphatic carbocycles. The first kappa shape index (κ1) is 20.8. The smallest absolute Gasteiger partial charge is 0.318 e. The van der Waals surface area contributed by atoms with Crippen molar-refractivity contribution in [3.63, 3.8) is 0 Å². The van der Waals surface area contributed by atoms with E-state index in [-0.39, 0.29) is 18.2 Å². The minimum Gasteiger partial charge on any atom is -0.493 e. The Balaban J connectivity index is 1.67. The lowest BCUT2D eigenvalue weighted by atomic mass is 9.99. The van der Waals surface area contributed by atoms with Crippen LogP contribution in [0.4, 0.5) is 4.79 Å². The molecule has 29 heavy (non-hydrogen) atoms. The van der Waals surface area contributed by atoms with Crippen molar-refractivity contribution in [2.24, 2.45) is 0 Å². The van der Waals surface area contributed by atoms with Gasteiger partial charge in [0, 0.05) is 13.1 Å². The van der Waals surface area contributed by atoms with E-state index in [1.807, 2.05) is 62.1 Å². The molecule has 0 saturated heterocycles. The van der Waals surface area contributed by atoms with Gasteiger partial charge in [0.1, 0.15) is 5.75 Å². The van der Waals surface area contributed by atoms with Crippen LogP contribution in [-0.2, 0) is 13.0 Å². The van der Waals surface area contributed by atoms with Gasteiger partial charge in [0.25, 0.3) is 0 Å². The van der Waals surface area contributed by atoms with Crippen LogP contribution in [0, 0.1) is 0 Å². The van der Waals surface area contributed by atoms with Crippen molar-refractivity contribution in [2.75, 3.05) is 20.8 Å². The highest BCUT2D eigenvalue weighted by atomic mass is 16.5. The summed E-state index contributed by atoms with van der Waals surface area (Å²) in [6, 6.07) is 11.6. The number of rotatable bonds is 6. The standard InChI is InChI=1S/C23H30N2O4/c1-15(2)29-20-8-6-7-17(11-20)16(3)24-23(26)25-10-9-18-12-21(27-4)22(28-5)13-19(18)14-25/h6-8,11-13,15-16H,9-10,14H2,1-5H3,(H,24,26). The van der Waals surface area contributed by atoms with Crippen LogP contribution in [0.5, 0.6) is 17.2 Å². The van der Waals surface area contributed by atoms with Crippen LogP contribution in [0.15, 0.2) is 36.4 Å². The number of ether oxygens (including phenoxy) is 3. The summed E-state index contributed by atoms with van der Waals surface area (Å²) in [7, 11) is 3.26. The molecule has 0 bridgehead atoms. The zero-order valence-electron chi connectivity index (χ0n) is 17.8. The first-order chi connectivity index (χ1) is 13.9. The summed E-state index contributed by atoms with van der Waals surface area (Å²) in [4.78, 5) is 14.7. The third-order valence-electron chi connectivity index (χ3n) is 5.08. The average Bonchev–Trinajstić information content (AvgIpc) is 2.71. The number of hydrogen-bond acceptors (Lipinski definition) is 4. The number of benzene rings is 2. The van der Waals surface area contributed by atoms with Gasteiger partial charge < -0.3 is 24.4 Å². The van der Waals surface area contributed by atoms with Gasteiger partial charge in [-0.25, -0.2) is 4.79 Å². The number of fused-ring (bicyclic) bond motifs is 1. The van der Waals surface area contributed by atoms with Gasteiger partial charge in [-0.3, -0.25) is 0 Å². The minimum absolute atomic E-state index is 0.0758. The Bertz CT molecular complexity index is 866. The van der Waals surface area contributed by atoms with Gasteiger partial charge in [-0.05, 0) is 68.1 Å². The molecule has 1 heterocycles. The lowest BCUT2D eigenvalue weighted by Crippen LogP contribution is -2.43. The minimum atomic E-state index is -0.120. The van der Waals surface area contributed by atoms with E-state index in [1.54, 1.807) is 14.2 Å². The summed E-state index contributed by atoms with van der Waals surface area (Å²) in [5.41, 5.74) is 3.29. The summed E-state index contributed by atoms with van der Waals surface area (Å²) in [6.07, 6.45) is 0.897. The first-order valence-electron chi connectivity index (χ1n) is 9.97. The second kappa shape index (κ2) is 9.07. The maximum atomic E-state index is 12.9. The summed E-state index contributed by atoms with van der Waals surface area (Å²) in [5.74, 6) is 2.22. The molecule has 6 heteroatoms. The largest absolute Gasteiger partial charge is 0.493 e. The molecule has 0 fully saturated rings. The molecule has 1 aliphatic rings. The van der Waals surface area contributed by atoms with E-state index < -0.39 is 0 Å². The Hall–Kier alpha value is -2.89. The molecule has 0 saturated carbocycles. The molecule has 2 amide bonds. The number of urea groups is 1. The molecule has 0 spiro atoms. The number of carbonyl (C=O) groups excluding carboxylic acids is 1. The van der Waals surface area contributed by atoms with Gasteiger partial charge in [-0.15, -0.1) is 0 Å². The Morgan fingerprint density at radius 3 is 2.38 bits per heavy atom. The van der Waals surface area contributed by atoms with Crippen LogP contribution in [0.25, 0.3) is 0 Å². The van der Waals surface area contributed by atoms with E-state index >= 15 is 0 Å². The summed E-state index contributed by atoms with van der Waals surface area (Å²) in [5, 5.41) is 3.10. The molecule has 3 rings (SSSR count). The van der Waals surface area contributed by atoms with Crippen LogP contribution in [0.3, 0.4) is 0 Å². The predicted octanol–water partition coefficient (Wildman–Crippen LogP) is 4.32. The molecule has 1 unspecified atom stereocenters. The van der Waals surface area contributed by atoms with Crippen LogP contribution in [0.2, 0.25) is 0 Å². The highest BCUT2D eigenvalue weighted by Gasteiger charge is 2.24. The number of carbonyl (C=O) groups is 1. The van der Waals surface area contributed by atoms with E-state index in [1.165, 1.54) is 5.56 Å². The number of hydrogen-bond donors (Lipinski definition) is 1. The molecule has 2 aromatic rings. The fourth-order valence-electron chi connectivity index (χ4n) is 3.55. The van der Waals surface area contributed by atoms with Gasteiger partial charge in [0.2, 0.25) is 0 Å². The Labute approximate surface area is 172 Å². The van der Waals surface area contributed by atoms with Crippen LogP contribution >= 0.6 is 0 Å². The van der Waals surface area contributed by atoms with Crippen molar-refractivity contribution in [2.45, 2.75) is 45.9 Å². The average molecular weight is 399 g/mol. The number of nitrogens with one attached hydrogen (secondary N) is 1. The molecular weight excluding hydrogens is 368 g/mol. The molecular formula is C23H30N2O4. The molecule has 156 valence electrons. The topological polar surface area (TPSA) is 60.0 Å². The summed E-state index contributed by atoms with van der Waals surface area (Å²) in [6.45, 7) is 7.19. The Morgan fingerprint density at radius 2 is 1.72 bits per heavy atom. The molecule has 2 aromatic carbocycles. The van der Waals surface area contributed by atoms with Crippen molar-refractivity contribution in [3.8, 4) is 17.2 Å². The Morgan fingerprint density at radius 1 is 1.03 bits per heavy atom. The highest BCUT2D eigenvalue weighted by molar-refractivity contribution is 5.75. The molecule has 0 radical (unpaired) electrons. The second-order valence-electron chi connectivity index (χ2n) is 7.56. The number of methoxy groups -OCH3 is 2. The van der Waals surface area contributed by atoms with E-state index in [2.05, 4.69) is 5.32 Å². The van der Waals surface area contributed by atoms with Gasteiger partial charge in [0.15, 0.2) is 11.5 Å². The second-order valence-corrected chi connectivity index (χ2v) is 7.56. The third kappa shape index (κ3) is 4.94. The SMILES string of the molecule is COc1cc2c(cc1OC)CN(C(=O)NC(C)c1cccc(OC(C)C)c1)CC2. The van der Waals surface area contributed by atoms with Gasteiger partial charge in [-0.2, -0.15) is 0 Å². The molecule has 1 N–H and O–H groups in total. The van der Waals surface area contributed by atoms with E-state index in [0.717, 1.165) is 29.0 Å². The zero-order chi connectivity index (χ0) is 21.0. The third-order valence-corrected chi connectivity index (χ3v) is 5.08. The van der Waals surface area contributed by atoms with Crippen LogP contribution in [0.1, 0.15) is 43.5 Å². The molecule has 1 aliphatic heterocycles. The lowest BCUT2D eigenvalue weighted by Gasteiger charge is -2.31. The maximum Gasteiger partial charge on any atom is 0.318 e. The first-order valence-corrected chi connectivity index (χ1v) is 9.97. The maximum absolute atomic E-state index is 12.9. The van der Waals surface area contributed by atoms with Crippen molar-refractivity contribution in [3.05, 3.63) is 53.1 Å². The van der Waals surface area contributed by atoms with Crippen LogP contribution in [-0.4, -0.2) is 37.8 Å². The zero-order valence-corrected chi connectivity index (χ0v) is 17.8. The molecule has 6 nitrogen and oxygen atoms in total. The Kier molecular flexibility index (Phi) is 6.52. The molecule has 0 aromatic heterocycles. The van der Waals surface area contributed by atoms with E-state index in [0.29, 0.717) is 18.8 Å². The van der Waals surface area contributed by atoms with Gasteiger partial charge in [-0.1, -0.05) is 12.1 Å². The van der Waals surface area contributed by atoms with Crippen LogP contribution < -0.4 is 19.5 Å². The monoisotopic (exact) mass is 398 g/mol. The van der Waals surface area contributed by atoms with Crippen molar-refractivity contribution >= 4 is 6.03 Å². The van der Waals surface area contributed by atoms with Crippen molar-refractivity contribution in [1.29, 1.82) is 0 Å². The number of nitrogens with zero attached hydrogens (tertiary/aromatic N) is 1. The fourth-order valence-corrected chi connectivity index (χ4v) is 3.55. The summed E-state index contributed by atoms with van der Waals surface area (Å²) < 4.78 is 16.5. The predicted molar refractivity (Wildman–Crippen MR) is 113 cm³/mol. The fraction of sp³-hybridized carbons (Fsp3) is 0.435. The highest BCUT2D eigenvalue weighted by Crippen LogP contribution is 2.33. The van der Waals surface area contributed by atoms with Crippen molar-refractivity contribution < 1.29 is 19.0 Å².